The highest BCUT2D eigenvalue weighted by molar-refractivity contribution is 5.06. The van der Waals surface area contributed by atoms with Crippen molar-refractivity contribution in [2.24, 2.45) is 12.5 Å². The van der Waals surface area contributed by atoms with E-state index in [2.05, 4.69) is 65.6 Å². The summed E-state index contributed by atoms with van der Waals surface area (Å²) in [4.78, 5) is 4.11. The lowest BCUT2D eigenvalue weighted by Gasteiger charge is -2.32. The molecule has 0 saturated heterocycles. The summed E-state index contributed by atoms with van der Waals surface area (Å²) in [7, 11) is 2.08. The molecule has 4 nitrogen and oxygen atoms in total. The number of aryl methyl sites for hydroxylation is 1. The van der Waals surface area contributed by atoms with E-state index in [1.54, 1.807) is 0 Å². The molecule has 0 saturated carbocycles. The van der Waals surface area contributed by atoms with Gasteiger partial charge >= 0.3 is 0 Å². The number of hydrogen-bond acceptors (Lipinski definition) is 2. The number of hydrogen-bond donors (Lipinski definition) is 1. The molecule has 2 heterocycles. The molecule has 1 N–H and O–H groups in total. The van der Waals surface area contributed by atoms with Crippen LogP contribution < -0.4 is 5.32 Å². The maximum atomic E-state index is 4.11. The van der Waals surface area contributed by atoms with Gasteiger partial charge in [0.25, 0.3) is 0 Å². The zero-order chi connectivity index (χ0) is 13.9. The van der Waals surface area contributed by atoms with Crippen molar-refractivity contribution in [1.29, 1.82) is 0 Å². The second-order valence-electron chi connectivity index (χ2n) is 6.17. The van der Waals surface area contributed by atoms with Gasteiger partial charge in [-0.1, -0.05) is 20.8 Å². The van der Waals surface area contributed by atoms with Crippen LogP contribution in [0.5, 0.6) is 0 Å². The lowest BCUT2D eigenvalue weighted by atomic mass is 9.86. The van der Waals surface area contributed by atoms with Gasteiger partial charge in [0.15, 0.2) is 0 Å². The summed E-state index contributed by atoms with van der Waals surface area (Å²) >= 11 is 0. The molecule has 104 valence electrons. The minimum Gasteiger partial charge on any atom is -0.353 e. The highest BCUT2D eigenvalue weighted by Gasteiger charge is 2.24. The molecule has 4 heteroatoms. The molecule has 0 aliphatic rings. The van der Waals surface area contributed by atoms with Gasteiger partial charge in [0.05, 0.1) is 6.33 Å². The highest BCUT2D eigenvalue weighted by Crippen LogP contribution is 2.21. The van der Waals surface area contributed by atoms with E-state index >= 15 is 0 Å². The monoisotopic (exact) mass is 260 g/mol. The molecule has 0 aliphatic carbocycles. The van der Waals surface area contributed by atoms with Crippen LogP contribution in [0.4, 0.5) is 0 Å². The van der Waals surface area contributed by atoms with E-state index in [4.69, 9.17) is 0 Å². The Morgan fingerprint density at radius 2 is 2.11 bits per heavy atom. The fourth-order valence-corrected chi connectivity index (χ4v) is 2.16. The predicted octanol–water partition coefficient (Wildman–Crippen LogP) is 2.43. The molecule has 19 heavy (non-hydrogen) atoms. The number of aromatic nitrogens is 3. The Labute approximate surface area is 115 Å². The number of nitrogens with one attached hydrogen (secondary N) is 1. The predicted molar refractivity (Wildman–Crippen MR) is 77.7 cm³/mol. The van der Waals surface area contributed by atoms with Gasteiger partial charge in [0.2, 0.25) is 0 Å². The first-order valence-electron chi connectivity index (χ1n) is 6.76. The highest BCUT2D eigenvalue weighted by atomic mass is 15.1. The van der Waals surface area contributed by atoms with Crippen LogP contribution >= 0.6 is 0 Å². The number of rotatable bonds is 5. The largest absolute Gasteiger partial charge is 0.353 e. The van der Waals surface area contributed by atoms with E-state index in [1.165, 1.54) is 5.69 Å². The smallest absolute Gasteiger partial charge is 0.0946 e. The van der Waals surface area contributed by atoms with Crippen molar-refractivity contribution < 1.29 is 0 Å². The summed E-state index contributed by atoms with van der Waals surface area (Å²) in [5.41, 5.74) is 1.51. The maximum Gasteiger partial charge on any atom is 0.0946 e. The fourth-order valence-electron chi connectivity index (χ4n) is 2.16. The first-order chi connectivity index (χ1) is 8.97. The molecule has 0 bridgehead atoms. The van der Waals surface area contributed by atoms with Crippen LogP contribution in [0, 0.1) is 5.41 Å². The minimum atomic E-state index is 0.204. The van der Waals surface area contributed by atoms with Gasteiger partial charge in [0, 0.05) is 50.5 Å². The topological polar surface area (TPSA) is 34.8 Å². The Hall–Kier alpha value is -1.55. The normalized spacial score (nSPS) is 13.7. The minimum absolute atomic E-state index is 0.204. The summed E-state index contributed by atoms with van der Waals surface area (Å²) in [6.45, 7) is 8.64. The Balaban J connectivity index is 2.00. The van der Waals surface area contributed by atoms with Gasteiger partial charge in [-0.25, -0.2) is 4.98 Å². The molecule has 0 aliphatic heterocycles. The van der Waals surface area contributed by atoms with Crippen LogP contribution in [0.25, 0.3) is 0 Å². The van der Waals surface area contributed by atoms with Gasteiger partial charge in [-0.3, -0.25) is 0 Å². The van der Waals surface area contributed by atoms with E-state index in [-0.39, 0.29) is 5.41 Å². The van der Waals surface area contributed by atoms with Crippen molar-refractivity contribution in [3.8, 4) is 0 Å². The van der Waals surface area contributed by atoms with E-state index in [1.807, 2.05) is 18.7 Å². The van der Waals surface area contributed by atoms with Gasteiger partial charge in [0.1, 0.15) is 0 Å². The summed E-state index contributed by atoms with van der Waals surface area (Å²) in [6.07, 6.45) is 7.81. The molecule has 2 aromatic heterocycles. The van der Waals surface area contributed by atoms with Crippen molar-refractivity contribution in [3.05, 3.63) is 42.7 Å². The molecule has 0 spiro atoms. The van der Waals surface area contributed by atoms with Gasteiger partial charge < -0.3 is 14.5 Å². The van der Waals surface area contributed by atoms with Crippen LogP contribution in [-0.4, -0.2) is 20.2 Å². The summed E-state index contributed by atoms with van der Waals surface area (Å²) in [5.74, 6) is 0. The van der Waals surface area contributed by atoms with E-state index in [0.717, 1.165) is 13.1 Å². The fraction of sp³-hybridized carbons (Fsp3) is 0.533. The lowest BCUT2D eigenvalue weighted by molar-refractivity contribution is 0.239. The maximum absolute atomic E-state index is 4.11. The zero-order valence-corrected chi connectivity index (χ0v) is 12.3. The van der Waals surface area contributed by atoms with E-state index in [9.17, 15) is 0 Å². The van der Waals surface area contributed by atoms with Crippen molar-refractivity contribution >= 4 is 0 Å². The average Bonchev–Trinajstić information content (AvgIpc) is 2.94. The van der Waals surface area contributed by atoms with Gasteiger partial charge in [-0.05, 0) is 17.5 Å². The van der Waals surface area contributed by atoms with Crippen molar-refractivity contribution in [3.63, 3.8) is 0 Å². The first kappa shape index (κ1) is 13.9. The lowest BCUT2D eigenvalue weighted by Crippen LogP contribution is -2.43. The molecular weight excluding hydrogens is 236 g/mol. The summed E-state index contributed by atoms with van der Waals surface area (Å²) < 4.78 is 4.29. The third kappa shape index (κ3) is 3.70. The van der Waals surface area contributed by atoms with Crippen molar-refractivity contribution in [2.45, 2.75) is 39.9 Å². The molecule has 0 amide bonds. The summed E-state index contributed by atoms with van der Waals surface area (Å²) in [5, 5.41) is 3.67. The van der Waals surface area contributed by atoms with E-state index < -0.39 is 0 Å². The van der Waals surface area contributed by atoms with Crippen molar-refractivity contribution in [2.75, 3.05) is 0 Å². The molecule has 1 unspecified atom stereocenters. The standard InChI is InChI=1S/C15H24N4/c1-15(2,3)14(11-19-9-7-16-12-19)17-10-13-6-5-8-18(13)4/h5-9,12,14,17H,10-11H2,1-4H3. The third-order valence-electron chi connectivity index (χ3n) is 3.58. The second kappa shape index (κ2) is 5.61. The van der Waals surface area contributed by atoms with Crippen LogP contribution in [0.1, 0.15) is 26.5 Å². The molecule has 0 fully saturated rings. The second-order valence-corrected chi connectivity index (χ2v) is 6.17. The Bertz CT molecular complexity index is 490. The first-order valence-corrected chi connectivity index (χ1v) is 6.76. The zero-order valence-electron chi connectivity index (χ0n) is 12.3. The molecule has 2 aromatic rings. The van der Waals surface area contributed by atoms with Crippen LogP contribution in [0.15, 0.2) is 37.1 Å². The Kier molecular flexibility index (Phi) is 4.10. The van der Waals surface area contributed by atoms with Gasteiger partial charge in [-0.2, -0.15) is 0 Å². The quantitative estimate of drug-likeness (QED) is 0.896. The third-order valence-corrected chi connectivity index (χ3v) is 3.58. The molecule has 0 aromatic carbocycles. The average molecular weight is 260 g/mol. The molecule has 1 atom stereocenters. The van der Waals surface area contributed by atoms with Crippen molar-refractivity contribution in [1.82, 2.24) is 19.4 Å². The molecule has 2 rings (SSSR count). The van der Waals surface area contributed by atoms with Crippen LogP contribution in [0.2, 0.25) is 0 Å². The van der Waals surface area contributed by atoms with E-state index in [0.29, 0.717) is 6.04 Å². The Morgan fingerprint density at radius 1 is 1.32 bits per heavy atom. The van der Waals surface area contributed by atoms with Crippen LogP contribution in [-0.2, 0) is 20.1 Å². The SMILES string of the molecule is Cn1cccc1CNC(Cn1ccnc1)C(C)(C)C. The number of nitrogens with zero attached hydrogens (tertiary/aromatic N) is 3. The number of imidazole rings is 1. The molecule has 0 radical (unpaired) electrons. The molecular formula is C15H24N4. The van der Waals surface area contributed by atoms with Crippen LogP contribution in [0.3, 0.4) is 0 Å². The van der Waals surface area contributed by atoms with Gasteiger partial charge in [-0.15, -0.1) is 0 Å². The Morgan fingerprint density at radius 3 is 2.63 bits per heavy atom. The summed E-state index contributed by atoms with van der Waals surface area (Å²) in [6, 6.07) is 4.64.